The van der Waals surface area contributed by atoms with Gasteiger partial charge in [-0.3, -0.25) is 19.3 Å². The summed E-state index contributed by atoms with van der Waals surface area (Å²) in [5.41, 5.74) is 0.442. The fourth-order valence-electron chi connectivity index (χ4n) is 3.95. The molecular formula is C19H21N3O6. The van der Waals surface area contributed by atoms with Crippen molar-refractivity contribution in [2.24, 2.45) is 5.92 Å². The monoisotopic (exact) mass is 387 g/mol. The summed E-state index contributed by atoms with van der Waals surface area (Å²) in [6.07, 6.45) is 3.54. The summed E-state index contributed by atoms with van der Waals surface area (Å²) < 4.78 is 10.5. The van der Waals surface area contributed by atoms with Crippen LogP contribution in [0, 0.1) is 5.92 Å². The summed E-state index contributed by atoms with van der Waals surface area (Å²) >= 11 is 0. The normalized spacial score (nSPS) is 24.1. The third-order valence-corrected chi connectivity index (χ3v) is 5.44. The highest BCUT2D eigenvalue weighted by atomic mass is 16.7. The van der Waals surface area contributed by atoms with Gasteiger partial charge >= 0.3 is 17.8 Å². The molecule has 4 rings (SSSR count). The minimum absolute atomic E-state index is 0.112. The quantitative estimate of drug-likeness (QED) is 0.623. The first-order valence-corrected chi connectivity index (χ1v) is 9.34. The van der Waals surface area contributed by atoms with Gasteiger partial charge in [0.05, 0.1) is 0 Å². The van der Waals surface area contributed by atoms with Crippen LogP contribution in [0.4, 0.5) is 10.5 Å². The topological polar surface area (TPSA) is 105 Å². The van der Waals surface area contributed by atoms with Crippen molar-refractivity contribution in [2.45, 2.75) is 38.6 Å². The Morgan fingerprint density at radius 2 is 1.86 bits per heavy atom. The van der Waals surface area contributed by atoms with Gasteiger partial charge in [0.1, 0.15) is 6.54 Å². The van der Waals surface area contributed by atoms with E-state index in [1.165, 1.54) is 0 Å². The lowest BCUT2D eigenvalue weighted by molar-refractivity contribution is -0.145. The molecule has 3 aliphatic rings. The molecule has 2 atom stereocenters. The van der Waals surface area contributed by atoms with Crippen molar-refractivity contribution < 1.29 is 28.7 Å². The highest BCUT2D eigenvalue weighted by Gasteiger charge is 2.49. The molecule has 1 aliphatic carbocycles. The van der Waals surface area contributed by atoms with E-state index in [1.807, 2.05) is 6.92 Å². The number of amides is 5. The SMILES string of the molecule is C[C@H]1CCCC[C@H]1N1C(=O)C(=O)N(CC(=O)Nc2ccc3c(c2)OCO3)C1=O. The number of nitrogens with zero attached hydrogens (tertiary/aromatic N) is 2. The van der Waals surface area contributed by atoms with Gasteiger partial charge in [-0.25, -0.2) is 9.69 Å². The summed E-state index contributed by atoms with van der Waals surface area (Å²) in [5, 5.41) is 2.61. The molecule has 1 saturated heterocycles. The molecular weight excluding hydrogens is 366 g/mol. The molecule has 0 aromatic heterocycles. The molecule has 0 spiro atoms. The molecule has 1 aromatic rings. The van der Waals surface area contributed by atoms with Gasteiger partial charge in [0, 0.05) is 17.8 Å². The van der Waals surface area contributed by atoms with E-state index >= 15 is 0 Å². The Hall–Kier alpha value is -3.10. The molecule has 2 fully saturated rings. The van der Waals surface area contributed by atoms with Crippen LogP contribution in [0.15, 0.2) is 18.2 Å². The number of nitrogens with one attached hydrogen (secondary N) is 1. The second-order valence-corrected chi connectivity index (χ2v) is 7.29. The number of hydrogen-bond acceptors (Lipinski definition) is 6. The van der Waals surface area contributed by atoms with E-state index in [2.05, 4.69) is 5.32 Å². The first kappa shape index (κ1) is 18.3. The van der Waals surface area contributed by atoms with Crippen LogP contribution < -0.4 is 14.8 Å². The Bertz CT molecular complexity index is 854. The second-order valence-electron chi connectivity index (χ2n) is 7.29. The maximum absolute atomic E-state index is 12.7. The van der Waals surface area contributed by atoms with Crippen molar-refractivity contribution in [1.29, 1.82) is 0 Å². The molecule has 2 heterocycles. The molecule has 1 N–H and O–H groups in total. The molecule has 1 aromatic carbocycles. The maximum Gasteiger partial charge on any atom is 0.334 e. The first-order valence-electron chi connectivity index (χ1n) is 9.34. The van der Waals surface area contributed by atoms with Crippen molar-refractivity contribution in [3.8, 4) is 11.5 Å². The summed E-state index contributed by atoms with van der Waals surface area (Å²) in [4.78, 5) is 51.5. The second kappa shape index (κ2) is 7.14. The van der Waals surface area contributed by atoms with Crippen LogP contribution in [0.2, 0.25) is 0 Å². The molecule has 0 bridgehead atoms. The minimum atomic E-state index is -0.955. The van der Waals surface area contributed by atoms with Gasteiger partial charge in [-0.15, -0.1) is 0 Å². The molecule has 148 valence electrons. The number of anilines is 1. The van der Waals surface area contributed by atoms with Gasteiger partial charge in [-0.2, -0.15) is 0 Å². The van der Waals surface area contributed by atoms with Crippen LogP contribution >= 0.6 is 0 Å². The third-order valence-electron chi connectivity index (χ3n) is 5.44. The van der Waals surface area contributed by atoms with Gasteiger partial charge in [0.25, 0.3) is 0 Å². The van der Waals surface area contributed by atoms with Crippen LogP contribution in [0.3, 0.4) is 0 Å². The molecule has 1 saturated carbocycles. The third kappa shape index (κ3) is 3.17. The molecule has 0 radical (unpaired) electrons. The Labute approximate surface area is 161 Å². The standard InChI is InChI=1S/C19H21N3O6/c1-11-4-2-3-5-13(11)22-18(25)17(24)21(19(22)26)9-16(23)20-12-6-7-14-15(8-12)28-10-27-14/h6-8,11,13H,2-5,9-10H2,1H3,(H,20,23)/t11-,13+/m0/s1. The van der Waals surface area contributed by atoms with Crippen molar-refractivity contribution in [2.75, 3.05) is 18.7 Å². The van der Waals surface area contributed by atoms with Crippen molar-refractivity contribution in [3.05, 3.63) is 18.2 Å². The molecule has 9 heteroatoms. The predicted octanol–water partition coefficient (Wildman–Crippen LogP) is 1.72. The smallest absolute Gasteiger partial charge is 0.334 e. The number of fused-ring (bicyclic) bond motifs is 1. The fourth-order valence-corrected chi connectivity index (χ4v) is 3.95. The van der Waals surface area contributed by atoms with E-state index in [9.17, 15) is 19.2 Å². The van der Waals surface area contributed by atoms with Crippen molar-refractivity contribution in [1.82, 2.24) is 9.80 Å². The predicted molar refractivity (Wildman–Crippen MR) is 96.6 cm³/mol. The van der Waals surface area contributed by atoms with Gasteiger partial charge in [0.15, 0.2) is 11.5 Å². The van der Waals surface area contributed by atoms with Crippen molar-refractivity contribution in [3.63, 3.8) is 0 Å². The Morgan fingerprint density at radius 1 is 1.11 bits per heavy atom. The molecule has 9 nitrogen and oxygen atoms in total. The van der Waals surface area contributed by atoms with Gasteiger partial charge in [-0.1, -0.05) is 19.8 Å². The lowest BCUT2D eigenvalue weighted by Gasteiger charge is -2.34. The number of benzene rings is 1. The van der Waals surface area contributed by atoms with E-state index in [-0.39, 0.29) is 18.8 Å². The van der Waals surface area contributed by atoms with E-state index < -0.39 is 30.3 Å². The first-order chi connectivity index (χ1) is 13.5. The van der Waals surface area contributed by atoms with Gasteiger partial charge in [-0.05, 0) is 30.9 Å². The van der Waals surface area contributed by atoms with E-state index in [4.69, 9.17) is 9.47 Å². The number of carbonyl (C=O) groups is 4. The van der Waals surface area contributed by atoms with E-state index in [0.717, 1.165) is 24.2 Å². The van der Waals surface area contributed by atoms with E-state index in [0.29, 0.717) is 28.5 Å². The van der Waals surface area contributed by atoms with Crippen LogP contribution in [-0.4, -0.2) is 52.9 Å². The average molecular weight is 387 g/mol. The van der Waals surface area contributed by atoms with Crippen LogP contribution in [-0.2, 0) is 14.4 Å². The molecule has 28 heavy (non-hydrogen) atoms. The zero-order chi connectivity index (χ0) is 19.8. The highest BCUT2D eigenvalue weighted by molar-refractivity contribution is 6.45. The highest BCUT2D eigenvalue weighted by Crippen LogP contribution is 2.34. The molecule has 2 aliphatic heterocycles. The number of hydrogen-bond donors (Lipinski definition) is 1. The minimum Gasteiger partial charge on any atom is -0.454 e. The summed E-state index contributed by atoms with van der Waals surface area (Å²) in [6.45, 7) is 1.57. The summed E-state index contributed by atoms with van der Waals surface area (Å²) in [5.74, 6) is -1.17. The molecule has 5 amide bonds. The number of ether oxygens (including phenoxy) is 2. The largest absolute Gasteiger partial charge is 0.454 e. The zero-order valence-electron chi connectivity index (χ0n) is 15.5. The van der Waals surface area contributed by atoms with Crippen LogP contribution in [0.5, 0.6) is 11.5 Å². The Balaban J connectivity index is 1.44. The Kier molecular flexibility index (Phi) is 4.66. The maximum atomic E-state index is 12.7. The van der Waals surface area contributed by atoms with Gasteiger partial charge in [0.2, 0.25) is 12.7 Å². The van der Waals surface area contributed by atoms with Crippen molar-refractivity contribution >= 4 is 29.4 Å². The van der Waals surface area contributed by atoms with E-state index in [1.54, 1.807) is 18.2 Å². The number of imide groups is 2. The van der Waals surface area contributed by atoms with Crippen LogP contribution in [0.25, 0.3) is 0 Å². The number of carbonyl (C=O) groups excluding carboxylic acids is 4. The van der Waals surface area contributed by atoms with Crippen LogP contribution in [0.1, 0.15) is 32.6 Å². The zero-order valence-corrected chi connectivity index (χ0v) is 15.5. The lowest BCUT2D eigenvalue weighted by Crippen LogP contribution is -2.46. The fraction of sp³-hybridized carbons (Fsp3) is 0.474. The molecule has 0 unspecified atom stereocenters. The number of rotatable bonds is 4. The average Bonchev–Trinajstić information content (AvgIpc) is 3.21. The Morgan fingerprint density at radius 3 is 2.64 bits per heavy atom. The summed E-state index contributed by atoms with van der Waals surface area (Å²) in [7, 11) is 0. The summed E-state index contributed by atoms with van der Waals surface area (Å²) in [6, 6.07) is 3.86. The lowest BCUT2D eigenvalue weighted by atomic mass is 9.85. The number of urea groups is 1. The van der Waals surface area contributed by atoms with Gasteiger partial charge < -0.3 is 14.8 Å².